The maximum absolute atomic E-state index is 11.8. The van der Waals surface area contributed by atoms with Crippen molar-refractivity contribution in [2.24, 2.45) is 17.6 Å². The molecule has 1 aliphatic rings. The van der Waals surface area contributed by atoms with Gasteiger partial charge in [0.25, 0.3) is 0 Å². The fourth-order valence-corrected chi connectivity index (χ4v) is 3.55. The first-order valence-corrected chi connectivity index (χ1v) is 7.29. The van der Waals surface area contributed by atoms with E-state index in [2.05, 4.69) is 0 Å². The summed E-state index contributed by atoms with van der Waals surface area (Å²) in [6, 6.07) is -1.27. The van der Waals surface area contributed by atoms with E-state index in [4.69, 9.17) is 15.9 Å². The summed E-state index contributed by atoms with van der Waals surface area (Å²) in [5.41, 5.74) is 5.18. The van der Waals surface area contributed by atoms with Crippen LogP contribution in [0.1, 0.15) is 12.8 Å². The second-order valence-corrected chi connectivity index (χ2v) is 6.96. The molecular formula is C9H16NO7P. The van der Waals surface area contributed by atoms with Crippen molar-refractivity contribution >= 4 is 19.3 Å². The molecule has 0 aliphatic heterocycles. The van der Waals surface area contributed by atoms with Crippen LogP contribution >= 0.6 is 7.37 Å². The van der Waals surface area contributed by atoms with Crippen LogP contribution in [0.2, 0.25) is 0 Å². The van der Waals surface area contributed by atoms with E-state index in [1.807, 2.05) is 0 Å². The summed E-state index contributed by atoms with van der Waals surface area (Å²) in [5, 5.41) is 26.8. The zero-order valence-corrected chi connectivity index (χ0v) is 10.4. The first-order valence-electron chi connectivity index (χ1n) is 5.37. The predicted molar refractivity (Wildman–Crippen MR) is 60.2 cm³/mol. The van der Waals surface area contributed by atoms with Crippen molar-refractivity contribution in [1.82, 2.24) is 0 Å². The van der Waals surface area contributed by atoms with Crippen molar-refractivity contribution in [2.45, 2.75) is 24.7 Å². The van der Waals surface area contributed by atoms with Gasteiger partial charge < -0.3 is 25.9 Å². The van der Waals surface area contributed by atoms with Crippen LogP contribution in [0.25, 0.3) is 0 Å². The molecule has 1 rings (SSSR count). The molecule has 0 heterocycles. The first-order chi connectivity index (χ1) is 8.16. The number of rotatable bonds is 7. The molecule has 1 unspecified atom stereocenters. The Labute approximate surface area is 103 Å². The van der Waals surface area contributed by atoms with E-state index in [1.54, 1.807) is 0 Å². The van der Waals surface area contributed by atoms with Gasteiger partial charge >= 0.3 is 11.9 Å². The highest BCUT2D eigenvalue weighted by Gasteiger charge is 2.53. The maximum Gasteiger partial charge on any atom is 0.320 e. The molecule has 1 saturated carbocycles. The van der Waals surface area contributed by atoms with Crippen LogP contribution in [-0.2, 0) is 14.2 Å². The number of carbonyl (C=O) groups is 2. The largest absolute Gasteiger partial charge is 0.481 e. The fourth-order valence-electron chi connectivity index (χ4n) is 1.71. The SMILES string of the molecule is N[C@@H](CCP(=O)(O)[C@@H](O)[C@@H]1C[C@@H]1C(=O)O)C(=O)O. The normalized spacial score (nSPS) is 29.1. The lowest BCUT2D eigenvalue weighted by molar-refractivity contribution is -0.139. The molecular weight excluding hydrogens is 265 g/mol. The summed E-state index contributed by atoms with van der Waals surface area (Å²) in [6.07, 6.45) is -0.527. The number of aliphatic hydroxyl groups is 1. The van der Waals surface area contributed by atoms with Crippen LogP contribution in [0.4, 0.5) is 0 Å². The third-order valence-electron chi connectivity index (χ3n) is 3.03. The van der Waals surface area contributed by atoms with Gasteiger partial charge in [0.05, 0.1) is 5.92 Å². The van der Waals surface area contributed by atoms with E-state index in [9.17, 15) is 24.2 Å². The van der Waals surface area contributed by atoms with Crippen LogP contribution in [0.15, 0.2) is 0 Å². The number of carboxylic acid groups (broad SMARTS) is 2. The number of hydrogen-bond donors (Lipinski definition) is 5. The molecule has 0 bridgehead atoms. The Balaban J connectivity index is 2.51. The number of nitrogens with two attached hydrogens (primary N) is 1. The smallest absolute Gasteiger partial charge is 0.320 e. The predicted octanol–water partition coefficient (Wildman–Crippen LogP) is -0.902. The minimum Gasteiger partial charge on any atom is -0.481 e. The average molecular weight is 281 g/mol. The van der Waals surface area contributed by atoms with Crippen molar-refractivity contribution in [1.29, 1.82) is 0 Å². The molecule has 1 aliphatic carbocycles. The molecule has 104 valence electrons. The van der Waals surface area contributed by atoms with Gasteiger partial charge in [0.1, 0.15) is 11.9 Å². The minimum absolute atomic E-state index is 0.159. The number of hydrogen-bond acceptors (Lipinski definition) is 5. The van der Waals surface area contributed by atoms with Crippen molar-refractivity contribution in [3.8, 4) is 0 Å². The Kier molecular flexibility index (Phi) is 4.50. The summed E-state index contributed by atoms with van der Waals surface area (Å²) >= 11 is 0. The van der Waals surface area contributed by atoms with Crippen LogP contribution < -0.4 is 5.73 Å². The summed E-state index contributed by atoms with van der Waals surface area (Å²) in [5.74, 6) is -5.56. The van der Waals surface area contributed by atoms with E-state index >= 15 is 0 Å². The first kappa shape index (κ1) is 15.1. The van der Waals surface area contributed by atoms with Crippen molar-refractivity contribution in [3.63, 3.8) is 0 Å². The highest BCUT2D eigenvalue weighted by molar-refractivity contribution is 7.58. The Morgan fingerprint density at radius 1 is 1.39 bits per heavy atom. The fraction of sp³-hybridized carbons (Fsp3) is 0.778. The molecule has 0 aromatic heterocycles. The molecule has 0 aromatic rings. The topological polar surface area (TPSA) is 158 Å². The van der Waals surface area contributed by atoms with Crippen molar-refractivity contribution in [3.05, 3.63) is 0 Å². The quantitative estimate of drug-likeness (QED) is 0.375. The maximum atomic E-state index is 11.8. The molecule has 6 N–H and O–H groups in total. The minimum atomic E-state index is -4.00. The molecule has 1 fully saturated rings. The van der Waals surface area contributed by atoms with Gasteiger partial charge in [-0.2, -0.15) is 0 Å². The van der Waals surface area contributed by atoms with E-state index in [1.165, 1.54) is 0 Å². The van der Waals surface area contributed by atoms with Crippen LogP contribution in [0, 0.1) is 11.8 Å². The monoisotopic (exact) mass is 281 g/mol. The van der Waals surface area contributed by atoms with Gasteiger partial charge in [-0.1, -0.05) is 0 Å². The summed E-state index contributed by atoms with van der Waals surface area (Å²) in [6.45, 7) is 0. The van der Waals surface area contributed by atoms with E-state index in [0.717, 1.165) is 0 Å². The lowest BCUT2D eigenvalue weighted by Gasteiger charge is -2.18. The molecule has 5 atom stereocenters. The van der Waals surface area contributed by atoms with Crippen molar-refractivity contribution in [2.75, 3.05) is 6.16 Å². The second kappa shape index (κ2) is 5.36. The third kappa shape index (κ3) is 3.52. The van der Waals surface area contributed by atoms with Gasteiger partial charge in [-0.3, -0.25) is 14.2 Å². The molecule has 18 heavy (non-hydrogen) atoms. The van der Waals surface area contributed by atoms with Gasteiger partial charge in [0.2, 0.25) is 7.37 Å². The lowest BCUT2D eigenvalue weighted by Crippen LogP contribution is -2.31. The molecule has 9 heteroatoms. The van der Waals surface area contributed by atoms with Gasteiger partial charge in [-0.15, -0.1) is 0 Å². The van der Waals surface area contributed by atoms with E-state index < -0.39 is 49.2 Å². The Morgan fingerprint density at radius 2 is 1.94 bits per heavy atom. The lowest BCUT2D eigenvalue weighted by atomic mass is 10.2. The van der Waals surface area contributed by atoms with E-state index in [0.29, 0.717) is 0 Å². The van der Waals surface area contributed by atoms with E-state index in [-0.39, 0.29) is 12.8 Å². The zero-order valence-electron chi connectivity index (χ0n) is 9.47. The number of aliphatic hydroxyl groups excluding tert-OH is 1. The summed E-state index contributed by atoms with van der Waals surface area (Å²) in [4.78, 5) is 30.6. The Hall–Kier alpha value is -0.950. The van der Waals surface area contributed by atoms with Gasteiger partial charge in [-0.25, -0.2) is 0 Å². The van der Waals surface area contributed by atoms with Gasteiger partial charge in [0.15, 0.2) is 0 Å². The highest BCUT2D eigenvalue weighted by atomic mass is 31.2. The molecule has 0 aromatic carbocycles. The standard InChI is InChI=1S/C9H16NO7P/c10-6(8(13)14)1-2-18(16,17)9(15)5-3-4(5)7(11)12/h4-6,9,15H,1-3,10H2,(H,11,12)(H,13,14)(H,16,17)/t4-,5+,6-,9+/m0/s1. The molecule has 8 nitrogen and oxygen atoms in total. The van der Waals surface area contributed by atoms with Crippen molar-refractivity contribution < 1.29 is 34.4 Å². The van der Waals surface area contributed by atoms with Crippen LogP contribution in [-0.4, -0.2) is 50.2 Å². The molecule has 0 saturated heterocycles. The molecule has 0 amide bonds. The Bertz CT molecular complexity index is 398. The summed E-state index contributed by atoms with van der Waals surface area (Å²) in [7, 11) is -4.00. The van der Waals surface area contributed by atoms with Gasteiger partial charge in [-0.05, 0) is 12.8 Å². The van der Waals surface area contributed by atoms with Gasteiger partial charge in [0, 0.05) is 12.1 Å². The molecule has 0 radical (unpaired) electrons. The third-order valence-corrected chi connectivity index (χ3v) is 5.14. The molecule has 0 spiro atoms. The Morgan fingerprint density at radius 3 is 2.33 bits per heavy atom. The average Bonchev–Trinajstić information content (AvgIpc) is 3.04. The van der Waals surface area contributed by atoms with Crippen LogP contribution in [0.3, 0.4) is 0 Å². The highest BCUT2D eigenvalue weighted by Crippen LogP contribution is 2.57. The number of carboxylic acids is 2. The second-order valence-electron chi connectivity index (χ2n) is 4.47. The number of aliphatic carboxylic acids is 2. The zero-order chi connectivity index (χ0) is 14.1. The summed E-state index contributed by atoms with van der Waals surface area (Å²) < 4.78 is 11.8. The van der Waals surface area contributed by atoms with Crippen LogP contribution in [0.5, 0.6) is 0 Å².